The van der Waals surface area contributed by atoms with Crippen LogP contribution < -0.4 is 20.5 Å². The topological polar surface area (TPSA) is 126 Å². The molecule has 0 saturated carbocycles. The third-order valence-electron chi connectivity index (χ3n) is 5.27. The predicted octanol–water partition coefficient (Wildman–Crippen LogP) is 4.09. The van der Waals surface area contributed by atoms with Crippen LogP contribution in [0.15, 0.2) is 66.3 Å². The summed E-state index contributed by atoms with van der Waals surface area (Å²) >= 11 is 1.45. The first-order valence-electron chi connectivity index (χ1n) is 11.0. The quantitative estimate of drug-likeness (QED) is 0.277. The van der Waals surface area contributed by atoms with Gasteiger partial charge in [0.05, 0.1) is 5.75 Å². The number of allylic oxidation sites excluding steroid dienone is 1. The Kier molecular flexibility index (Phi) is 6.49. The van der Waals surface area contributed by atoms with Gasteiger partial charge in [-0.05, 0) is 30.7 Å². The number of aryl methyl sites for hydroxylation is 1. The van der Waals surface area contributed by atoms with E-state index in [4.69, 9.17) is 15.2 Å². The lowest BCUT2D eigenvalue weighted by Crippen LogP contribution is -2.25. The monoisotopic (exact) mass is 488 g/mol. The van der Waals surface area contributed by atoms with Gasteiger partial charge < -0.3 is 20.5 Å². The molecule has 0 radical (unpaired) electrons. The van der Waals surface area contributed by atoms with Crippen LogP contribution in [0, 0.1) is 6.92 Å². The number of thioether (sulfide) groups is 1. The number of ether oxygens (including phenoxy) is 2. The Morgan fingerprint density at radius 2 is 1.91 bits per heavy atom. The number of rotatable bonds is 8. The molecule has 3 heterocycles. The number of nitrogen functional groups attached to an aromatic ring is 1. The van der Waals surface area contributed by atoms with E-state index in [1.54, 1.807) is 6.08 Å². The van der Waals surface area contributed by atoms with E-state index in [0.29, 0.717) is 47.4 Å². The van der Waals surface area contributed by atoms with Crippen molar-refractivity contribution in [2.24, 2.45) is 0 Å². The summed E-state index contributed by atoms with van der Waals surface area (Å²) in [6.45, 7) is 6.74. The number of anilines is 3. The fraction of sp³-hybridized carbons (Fsp3) is 0.208. The Labute approximate surface area is 206 Å². The molecule has 2 aromatic heterocycles. The molecule has 1 atom stereocenters. The van der Waals surface area contributed by atoms with Crippen LogP contribution in [0.1, 0.15) is 23.3 Å². The van der Waals surface area contributed by atoms with E-state index in [0.717, 1.165) is 17.0 Å². The Morgan fingerprint density at radius 3 is 2.74 bits per heavy atom. The number of nitrogens with one attached hydrogen (secondary N) is 1. The summed E-state index contributed by atoms with van der Waals surface area (Å²) in [5.74, 6) is 3.55. The number of hydrogen-bond donors (Lipinski definition) is 2. The van der Waals surface area contributed by atoms with E-state index in [1.165, 1.54) is 11.8 Å². The van der Waals surface area contributed by atoms with Gasteiger partial charge in [0.1, 0.15) is 12.4 Å². The number of nitrogens with two attached hydrogens (primary N) is 1. The summed E-state index contributed by atoms with van der Waals surface area (Å²) < 4.78 is 13.9. The van der Waals surface area contributed by atoms with E-state index in [2.05, 4.69) is 37.0 Å². The lowest BCUT2D eigenvalue weighted by molar-refractivity contribution is 0.0821. The molecule has 0 bridgehead atoms. The summed E-state index contributed by atoms with van der Waals surface area (Å²) in [4.78, 5) is 13.0. The normalized spacial score (nSPS) is 14.5. The number of aromatic nitrogens is 6. The van der Waals surface area contributed by atoms with Crippen molar-refractivity contribution in [3.63, 3.8) is 0 Å². The van der Waals surface area contributed by atoms with Crippen LogP contribution >= 0.6 is 11.8 Å². The maximum Gasteiger partial charge on any atom is 0.232 e. The van der Waals surface area contributed by atoms with Gasteiger partial charge in [-0.25, -0.2) is 0 Å². The van der Waals surface area contributed by atoms with Crippen molar-refractivity contribution in [3.05, 3.63) is 78.4 Å². The van der Waals surface area contributed by atoms with Crippen molar-refractivity contribution in [1.29, 1.82) is 0 Å². The molecule has 35 heavy (non-hydrogen) atoms. The third kappa shape index (κ3) is 5.04. The maximum atomic E-state index is 6.13. The largest absolute Gasteiger partial charge is 0.485 e. The van der Waals surface area contributed by atoms with Gasteiger partial charge in [-0.15, -0.1) is 16.8 Å². The molecule has 0 amide bonds. The van der Waals surface area contributed by atoms with Gasteiger partial charge in [-0.1, -0.05) is 48.2 Å². The molecule has 0 aliphatic carbocycles. The van der Waals surface area contributed by atoms with Crippen molar-refractivity contribution in [1.82, 2.24) is 29.7 Å². The molecule has 2 aromatic carbocycles. The Balaban J connectivity index is 1.33. The molecule has 4 aromatic rings. The summed E-state index contributed by atoms with van der Waals surface area (Å²) in [6, 6.07) is 15.5. The van der Waals surface area contributed by atoms with Gasteiger partial charge in [-0.2, -0.15) is 15.0 Å². The first kappa shape index (κ1) is 22.7. The molecule has 1 aliphatic heterocycles. The molecule has 0 spiro atoms. The smallest absolute Gasteiger partial charge is 0.232 e. The van der Waals surface area contributed by atoms with Crippen LogP contribution in [0.3, 0.4) is 0 Å². The number of nitrogens with zero attached hydrogens (tertiary/aromatic N) is 6. The average molecular weight is 489 g/mol. The summed E-state index contributed by atoms with van der Waals surface area (Å²) in [5, 5.41) is 12.7. The highest BCUT2D eigenvalue weighted by molar-refractivity contribution is 7.98. The number of hydrogen-bond acceptors (Lipinski definition) is 10. The minimum Gasteiger partial charge on any atom is -0.485 e. The third-order valence-corrected chi connectivity index (χ3v) is 6.24. The van der Waals surface area contributed by atoms with E-state index in [1.807, 2.05) is 60.0 Å². The summed E-state index contributed by atoms with van der Waals surface area (Å²) in [7, 11) is 0. The van der Waals surface area contributed by atoms with Crippen molar-refractivity contribution in [2.75, 3.05) is 17.7 Å². The first-order valence-corrected chi connectivity index (χ1v) is 12.0. The SMILES string of the molecule is C=CCn1c(SCc2nc(N)nc(Nc3ccccc3C)n2)nnc1C1COc2ccccc2O1. The van der Waals surface area contributed by atoms with Gasteiger partial charge in [0.25, 0.3) is 0 Å². The van der Waals surface area contributed by atoms with Crippen molar-refractivity contribution < 1.29 is 9.47 Å². The van der Waals surface area contributed by atoms with Crippen molar-refractivity contribution >= 4 is 29.3 Å². The molecule has 0 fully saturated rings. The molecular formula is C24H24N8O2S. The van der Waals surface area contributed by atoms with Gasteiger partial charge in [-0.3, -0.25) is 4.57 Å². The Morgan fingerprint density at radius 1 is 1.11 bits per heavy atom. The summed E-state index contributed by atoms with van der Waals surface area (Å²) in [6.07, 6.45) is 1.41. The standard InChI is InChI=1S/C24H24N8O2S/c1-3-12-32-21(19-13-33-17-10-6-7-11-18(17)34-19)30-31-24(32)35-14-20-27-22(25)29-23(28-20)26-16-9-5-4-8-15(16)2/h3-11,19H,1,12-14H2,2H3,(H3,25,26,27,28,29). The molecule has 10 nitrogen and oxygen atoms in total. The zero-order valence-electron chi connectivity index (χ0n) is 19.1. The first-order chi connectivity index (χ1) is 17.1. The Hall–Kier alpha value is -4.12. The van der Waals surface area contributed by atoms with Crippen LogP contribution in [0.2, 0.25) is 0 Å². The van der Waals surface area contributed by atoms with E-state index >= 15 is 0 Å². The number of fused-ring (bicyclic) bond motifs is 1. The second-order valence-electron chi connectivity index (χ2n) is 7.77. The van der Waals surface area contributed by atoms with E-state index < -0.39 is 0 Å². The molecule has 1 aliphatic rings. The number of para-hydroxylation sites is 3. The molecule has 0 saturated heterocycles. The highest BCUT2D eigenvalue weighted by Gasteiger charge is 2.28. The van der Waals surface area contributed by atoms with E-state index in [-0.39, 0.29) is 12.1 Å². The lowest BCUT2D eigenvalue weighted by Gasteiger charge is -2.26. The zero-order chi connectivity index (χ0) is 24.2. The van der Waals surface area contributed by atoms with Crippen molar-refractivity contribution in [2.45, 2.75) is 30.5 Å². The fourth-order valence-electron chi connectivity index (χ4n) is 3.61. The minimum absolute atomic E-state index is 0.145. The highest BCUT2D eigenvalue weighted by atomic mass is 32.2. The van der Waals surface area contributed by atoms with Crippen LogP contribution in [-0.4, -0.2) is 36.3 Å². The Bertz CT molecular complexity index is 1360. The van der Waals surface area contributed by atoms with Crippen LogP contribution in [-0.2, 0) is 12.3 Å². The van der Waals surface area contributed by atoms with Crippen LogP contribution in [0.25, 0.3) is 0 Å². The summed E-state index contributed by atoms with van der Waals surface area (Å²) in [5.41, 5.74) is 7.93. The molecule has 11 heteroatoms. The minimum atomic E-state index is -0.385. The molecule has 1 unspecified atom stereocenters. The van der Waals surface area contributed by atoms with Crippen LogP contribution in [0.5, 0.6) is 11.5 Å². The fourth-order valence-corrected chi connectivity index (χ4v) is 4.42. The second-order valence-corrected chi connectivity index (χ2v) is 8.71. The molecule has 3 N–H and O–H groups in total. The highest BCUT2D eigenvalue weighted by Crippen LogP contribution is 2.36. The average Bonchev–Trinajstić information content (AvgIpc) is 3.26. The molecule has 178 valence electrons. The predicted molar refractivity (Wildman–Crippen MR) is 134 cm³/mol. The maximum absolute atomic E-state index is 6.13. The van der Waals surface area contributed by atoms with Gasteiger partial charge >= 0.3 is 0 Å². The lowest BCUT2D eigenvalue weighted by atomic mass is 10.2. The van der Waals surface area contributed by atoms with Gasteiger partial charge in [0.2, 0.25) is 11.9 Å². The van der Waals surface area contributed by atoms with Gasteiger partial charge in [0.15, 0.2) is 28.6 Å². The van der Waals surface area contributed by atoms with Crippen molar-refractivity contribution in [3.8, 4) is 11.5 Å². The molecule has 5 rings (SSSR count). The number of benzene rings is 2. The zero-order valence-corrected chi connectivity index (χ0v) is 19.9. The second kappa shape index (κ2) is 10.0. The van der Waals surface area contributed by atoms with E-state index in [9.17, 15) is 0 Å². The van der Waals surface area contributed by atoms with Gasteiger partial charge in [0, 0.05) is 12.2 Å². The van der Waals surface area contributed by atoms with Crippen LogP contribution in [0.4, 0.5) is 17.6 Å². The molecular weight excluding hydrogens is 464 g/mol.